The van der Waals surface area contributed by atoms with Crippen molar-refractivity contribution in [3.05, 3.63) is 28.2 Å². The van der Waals surface area contributed by atoms with E-state index in [0.717, 1.165) is 10.0 Å². The van der Waals surface area contributed by atoms with Crippen LogP contribution in [0.5, 0.6) is 0 Å². The maximum Gasteiger partial charge on any atom is 0.319 e. The van der Waals surface area contributed by atoms with Crippen LogP contribution in [-0.4, -0.2) is 23.7 Å². The number of carbonyl (C=O) groups excluding carboxylic acids is 1. The van der Waals surface area contributed by atoms with Crippen molar-refractivity contribution >= 4 is 33.6 Å². The molecule has 0 aliphatic rings. The minimum Gasteiger partial charge on any atom is -0.481 e. The summed E-state index contributed by atoms with van der Waals surface area (Å²) in [6.45, 7) is 5.68. The Labute approximate surface area is 126 Å². The third-order valence-corrected chi connectivity index (χ3v) is 3.63. The molecule has 0 spiro atoms. The molecule has 0 aliphatic carbocycles. The summed E-state index contributed by atoms with van der Waals surface area (Å²) in [7, 11) is 0. The van der Waals surface area contributed by atoms with E-state index < -0.39 is 17.9 Å². The van der Waals surface area contributed by atoms with Crippen molar-refractivity contribution in [1.82, 2.24) is 5.32 Å². The Bertz CT molecular complexity index is 503. The fraction of sp³-hybridized carbons (Fsp3) is 0.429. The predicted octanol–water partition coefficient (Wildman–Crippen LogP) is 3.24. The first-order valence-corrected chi connectivity index (χ1v) is 7.14. The van der Waals surface area contributed by atoms with Gasteiger partial charge in [0.05, 0.1) is 11.6 Å². The molecule has 1 atom stereocenters. The van der Waals surface area contributed by atoms with Crippen LogP contribution in [0.25, 0.3) is 0 Å². The second-order valence-corrected chi connectivity index (χ2v) is 5.86. The summed E-state index contributed by atoms with van der Waals surface area (Å²) >= 11 is 3.37. The molecule has 0 bridgehead atoms. The second kappa shape index (κ2) is 7.28. The van der Waals surface area contributed by atoms with Crippen LogP contribution in [0.3, 0.4) is 0 Å². The monoisotopic (exact) mass is 342 g/mol. The zero-order valence-corrected chi connectivity index (χ0v) is 13.3. The molecule has 1 aromatic rings. The quantitative estimate of drug-likeness (QED) is 0.768. The Kier molecular flexibility index (Phi) is 6.01. The molecule has 0 radical (unpaired) electrons. The van der Waals surface area contributed by atoms with Crippen molar-refractivity contribution in [3.8, 4) is 0 Å². The molecule has 5 nitrogen and oxygen atoms in total. The molecular weight excluding hydrogens is 324 g/mol. The minimum absolute atomic E-state index is 0.0427. The second-order valence-electron chi connectivity index (χ2n) is 5.01. The number of benzene rings is 1. The van der Waals surface area contributed by atoms with Crippen LogP contribution in [-0.2, 0) is 4.79 Å². The molecule has 1 unspecified atom stereocenters. The van der Waals surface area contributed by atoms with Gasteiger partial charge in [-0.15, -0.1) is 0 Å². The number of anilines is 1. The van der Waals surface area contributed by atoms with Crippen LogP contribution in [0.1, 0.15) is 19.4 Å². The fourth-order valence-corrected chi connectivity index (χ4v) is 2.29. The zero-order valence-electron chi connectivity index (χ0n) is 11.7. The smallest absolute Gasteiger partial charge is 0.319 e. The van der Waals surface area contributed by atoms with E-state index in [9.17, 15) is 9.59 Å². The Balaban J connectivity index is 2.57. The maximum absolute atomic E-state index is 11.8. The Morgan fingerprint density at radius 1 is 1.35 bits per heavy atom. The van der Waals surface area contributed by atoms with Gasteiger partial charge in [-0.25, -0.2) is 4.79 Å². The molecule has 0 saturated heterocycles. The van der Waals surface area contributed by atoms with Gasteiger partial charge >= 0.3 is 12.0 Å². The van der Waals surface area contributed by atoms with Crippen LogP contribution in [0.4, 0.5) is 10.5 Å². The van der Waals surface area contributed by atoms with Gasteiger partial charge in [0.1, 0.15) is 0 Å². The summed E-state index contributed by atoms with van der Waals surface area (Å²) < 4.78 is 0.784. The number of nitrogens with one attached hydrogen (secondary N) is 2. The van der Waals surface area contributed by atoms with Gasteiger partial charge < -0.3 is 15.7 Å². The summed E-state index contributed by atoms with van der Waals surface area (Å²) in [4.78, 5) is 22.8. The largest absolute Gasteiger partial charge is 0.481 e. The molecule has 3 N–H and O–H groups in total. The van der Waals surface area contributed by atoms with E-state index in [0.29, 0.717) is 5.69 Å². The van der Waals surface area contributed by atoms with Gasteiger partial charge in [0, 0.05) is 11.0 Å². The topological polar surface area (TPSA) is 78.4 Å². The van der Waals surface area contributed by atoms with Crippen LogP contribution in [0.2, 0.25) is 0 Å². The first kappa shape index (κ1) is 16.5. The van der Waals surface area contributed by atoms with Crippen LogP contribution < -0.4 is 10.6 Å². The highest BCUT2D eigenvalue weighted by Gasteiger charge is 2.22. The van der Waals surface area contributed by atoms with Gasteiger partial charge in [0.15, 0.2) is 0 Å². The van der Waals surface area contributed by atoms with Crippen LogP contribution in [0.15, 0.2) is 22.7 Å². The molecule has 0 heterocycles. The first-order valence-electron chi connectivity index (χ1n) is 6.35. The van der Waals surface area contributed by atoms with Crippen molar-refractivity contribution in [3.63, 3.8) is 0 Å². The first-order chi connectivity index (χ1) is 9.31. The van der Waals surface area contributed by atoms with E-state index in [1.165, 1.54) is 0 Å². The van der Waals surface area contributed by atoms with E-state index in [2.05, 4.69) is 26.6 Å². The predicted molar refractivity (Wildman–Crippen MR) is 81.9 cm³/mol. The summed E-state index contributed by atoms with van der Waals surface area (Å²) in [5.74, 6) is -1.54. The zero-order chi connectivity index (χ0) is 15.3. The van der Waals surface area contributed by atoms with Crippen molar-refractivity contribution in [1.29, 1.82) is 0 Å². The van der Waals surface area contributed by atoms with Crippen LogP contribution >= 0.6 is 15.9 Å². The van der Waals surface area contributed by atoms with Gasteiger partial charge in [-0.1, -0.05) is 19.9 Å². The van der Waals surface area contributed by atoms with Gasteiger partial charge in [-0.3, -0.25) is 4.79 Å². The summed E-state index contributed by atoms with van der Waals surface area (Å²) in [5, 5.41) is 14.3. The molecule has 1 aromatic carbocycles. The molecule has 6 heteroatoms. The highest BCUT2D eigenvalue weighted by Crippen LogP contribution is 2.23. The third kappa shape index (κ3) is 4.85. The van der Waals surface area contributed by atoms with E-state index in [4.69, 9.17) is 5.11 Å². The van der Waals surface area contributed by atoms with E-state index in [-0.39, 0.29) is 12.5 Å². The molecule has 110 valence electrons. The number of rotatable bonds is 5. The van der Waals surface area contributed by atoms with Crippen molar-refractivity contribution in [2.24, 2.45) is 11.8 Å². The lowest BCUT2D eigenvalue weighted by molar-refractivity contribution is -0.142. The van der Waals surface area contributed by atoms with Crippen molar-refractivity contribution in [2.75, 3.05) is 11.9 Å². The average molecular weight is 343 g/mol. The van der Waals surface area contributed by atoms with Gasteiger partial charge in [-0.2, -0.15) is 0 Å². The molecule has 0 fully saturated rings. The fourth-order valence-electron chi connectivity index (χ4n) is 1.70. The Hall–Kier alpha value is -1.56. The summed E-state index contributed by atoms with van der Waals surface area (Å²) in [5.41, 5.74) is 1.72. The molecule has 0 aliphatic heterocycles. The number of hydrogen-bond donors (Lipinski definition) is 3. The molecule has 1 rings (SSSR count). The van der Waals surface area contributed by atoms with Crippen molar-refractivity contribution < 1.29 is 14.7 Å². The third-order valence-electron chi connectivity index (χ3n) is 2.98. The van der Waals surface area contributed by atoms with Crippen LogP contribution in [0, 0.1) is 18.8 Å². The Morgan fingerprint density at radius 2 is 2.00 bits per heavy atom. The highest BCUT2D eigenvalue weighted by molar-refractivity contribution is 9.10. The highest BCUT2D eigenvalue weighted by atomic mass is 79.9. The van der Waals surface area contributed by atoms with E-state index >= 15 is 0 Å². The molecule has 2 amide bonds. The number of aliphatic carboxylic acids is 1. The molecule has 0 aromatic heterocycles. The van der Waals surface area contributed by atoms with E-state index in [1.807, 2.05) is 32.9 Å². The molecular formula is C14H19BrN2O3. The van der Waals surface area contributed by atoms with Gasteiger partial charge in [0.25, 0.3) is 0 Å². The lowest BCUT2D eigenvalue weighted by Gasteiger charge is -2.17. The average Bonchev–Trinajstić information content (AvgIpc) is 2.32. The van der Waals surface area contributed by atoms with Crippen molar-refractivity contribution in [2.45, 2.75) is 20.8 Å². The number of carboxylic acid groups (broad SMARTS) is 1. The number of urea groups is 1. The standard InChI is InChI=1S/C14H19BrN2O3/c1-8(2)10(13(18)19)7-16-14(20)17-12-5-4-9(3)6-11(12)15/h4-6,8,10H,7H2,1-3H3,(H,18,19)(H2,16,17,20). The number of hydrogen-bond acceptors (Lipinski definition) is 2. The number of halogens is 1. The molecule has 20 heavy (non-hydrogen) atoms. The summed E-state index contributed by atoms with van der Waals surface area (Å²) in [6, 6.07) is 5.15. The maximum atomic E-state index is 11.8. The SMILES string of the molecule is Cc1ccc(NC(=O)NCC(C(=O)O)C(C)C)c(Br)c1. The lowest BCUT2D eigenvalue weighted by atomic mass is 9.96. The normalized spacial score (nSPS) is 12.1. The molecule has 0 saturated carbocycles. The Morgan fingerprint density at radius 3 is 2.50 bits per heavy atom. The van der Waals surface area contributed by atoms with Gasteiger partial charge in [0.2, 0.25) is 0 Å². The summed E-state index contributed by atoms with van der Waals surface area (Å²) in [6.07, 6.45) is 0. The number of carboxylic acids is 1. The lowest BCUT2D eigenvalue weighted by Crippen LogP contribution is -2.37. The minimum atomic E-state index is -0.906. The number of carbonyl (C=O) groups is 2. The number of amides is 2. The number of aryl methyl sites for hydroxylation is 1. The van der Waals surface area contributed by atoms with Gasteiger partial charge in [-0.05, 0) is 46.5 Å². The van der Waals surface area contributed by atoms with E-state index in [1.54, 1.807) is 6.07 Å².